The summed E-state index contributed by atoms with van der Waals surface area (Å²) in [4.78, 5) is 28.5. The second kappa shape index (κ2) is 10.8. The summed E-state index contributed by atoms with van der Waals surface area (Å²) in [6.07, 6.45) is -2.63. The number of anilines is 4. The summed E-state index contributed by atoms with van der Waals surface area (Å²) in [7, 11) is 0. The van der Waals surface area contributed by atoms with Crippen molar-refractivity contribution in [2.24, 2.45) is 5.73 Å². The van der Waals surface area contributed by atoms with E-state index < -0.39 is 18.4 Å². The molecule has 4 rings (SSSR count). The molecule has 8 nitrogen and oxygen atoms in total. The van der Waals surface area contributed by atoms with Crippen LogP contribution in [0.3, 0.4) is 0 Å². The minimum Gasteiger partial charge on any atom is -0.484 e. The molecule has 1 aliphatic rings. The lowest BCUT2D eigenvalue weighted by Crippen LogP contribution is -2.20. The second-order valence-corrected chi connectivity index (χ2v) is 7.48. The van der Waals surface area contributed by atoms with E-state index in [1.807, 2.05) is 30.3 Å². The molecule has 2 heterocycles. The topological polar surface area (TPSA) is 119 Å². The van der Waals surface area contributed by atoms with Crippen LogP contribution in [-0.2, 0) is 22.4 Å². The number of hydrogen-bond donors (Lipinski definition) is 3. The van der Waals surface area contributed by atoms with Crippen LogP contribution in [0.4, 0.5) is 36.3 Å². The first-order valence-electron chi connectivity index (χ1n) is 9.85. The predicted octanol–water partition coefficient (Wildman–Crippen LogP) is 4.33. The predicted molar refractivity (Wildman–Crippen MR) is 121 cm³/mol. The van der Waals surface area contributed by atoms with E-state index in [-0.39, 0.29) is 6.61 Å². The molecular weight excluding hydrogens is 475 g/mol. The number of carbonyl (C=O) groups is 2. The molecular formula is C22H19ClF3N5O3. The highest BCUT2D eigenvalue weighted by atomic mass is 35.5. The number of carbonyl (C=O) groups excluding carboxylic acids is 2. The molecule has 0 atom stereocenters. The van der Waals surface area contributed by atoms with Crippen LogP contribution in [0.1, 0.15) is 11.1 Å². The van der Waals surface area contributed by atoms with Gasteiger partial charge in [-0.3, -0.25) is 9.59 Å². The standard InChI is InChI=1S/C20H18ClN5O2.C2HF3O/c21-16-10-23-20-25-14-3-1-2-12(8-14)4-5-13-9-15(24-19(16)26-20)6-7-17(13)28-11-18(22)27;3-2(4,5)1-6/h1-3,6-10H,4-5,11H2,(H2,22,27)(H2,23,24,25,26);1H. The largest absolute Gasteiger partial charge is 0.484 e. The van der Waals surface area contributed by atoms with Crippen molar-refractivity contribution in [3.63, 3.8) is 0 Å². The molecule has 178 valence electrons. The summed E-state index contributed by atoms with van der Waals surface area (Å²) in [6.45, 7) is -0.166. The summed E-state index contributed by atoms with van der Waals surface area (Å²) < 4.78 is 36.8. The van der Waals surface area contributed by atoms with Gasteiger partial charge in [0.1, 0.15) is 10.8 Å². The molecule has 6 bridgehead atoms. The van der Waals surface area contributed by atoms with E-state index in [2.05, 4.69) is 32.7 Å². The minimum atomic E-state index is -4.64. The number of amides is 1. The van der Waals surface area contributed by atoms with Gasteiger partial charge in [0.2, 0.25) is 12.2 Å². The first-order chi connectivity index (χ1) is 16.1. The van der Waals surface area contributed by atoms with E-state index in [0.29, 0.717) is 22.5 Å². The number of rotatable bonds is 3. The van der Waals surface area contributed by atoms with Gasteiger partial charge >= 0.3 is 6.18 Å². The van der Waals surface area contributed by atoms with Crippen LogP contribution < -0.4 is 21.1 Å². The lowest BCUT2D eigenvalue weighted by atomic mass is 10.0. The van der Waals surface area contributed by atoms with Crippen LogP contribution in [0.25, 0.3) is 0 Å². The Morgan fingerprint density at radius 1 is 1.15 bits per heavy atom. The van der Waals surface area contributed by atoms with Gasteiger partial charge in [-0.1, -0.05) is 23.7 Å². The molecule has 0 saturated heterocycles. The number of alkyl halides is 3. The molecule has 0 spiro atoms. The highest BCUT2D eigenvalue weighted by molar-refractivity contribution is 6.32. The number of aromatic nitrogens is 2. The van der Waals surface area contributed by atoms with Crippen LogP contribution in [0.5, 0.6) is 5.75 Å². The Balaban J connectivity index is 0.000000481. The van der Waals surface area contributed by atoms with Crippen molar-refractivity contribution >= 4 is 46.9 Å². The van der Waals surface area contributed by atoms with Gasteiger partial charge in [0.05, 0.1) is 6.20 Å². The normalized spacial score (nSPS) is 12.2. The summed E-state index contributed by atoms with van der Waals surface area (Å²) in [5.74, 6) is 1.05. The molecule has 2 aromatic carbocycles. The highest BCUT2D eigenvalue weighted by Gasteiger charge is 2.24. The number of aldehydes is 1. The summed E-state index contributed by atoms with van der Waals surface area (Å²) in [5, 5.41) is 6.83. The first kappa shape index (κ1) is 24.8. The van der Waals surface area contributed by atoms with E-state index in [9.17, 15) is 18.0 Å². The smallest absolute Gasteiger partial charge is 0.446 e. The lowest BCUT2D eigenvalue weighted by Gasteiger charge is -2.14. The van der Waals surface area contributed by atoms with Crippen molar-refractivity contribution in [3.8, 4) is 5.75 Å². The molecule has 0 saturated carbocycles. The van der Waals surface area contributed by atoms with Crippen LogP contribution in [0, 0.1) is 0 Å². The molecule has 1 aromatic heterocycles. The fourth-order valence-corrected chi connectivity index (χ4v) is 3.14. The number of benzene rings is 2. The Morgan fingerprint density at radius 3 is 2.59 bits per heavy atom. The molecule has 12 heteroatoms. The number of nitrogens with one attached hydrogen (secondary N) is 2. The minimum absolute atomic E-state index is 0.166. The fourth-order valence-electron chi connectivity index (χ4n) is 3.01. The third-order valence-electron chi connectivity index (χ3n) is 4.44. The van der Waals surface area contributed by atoms with E-state index in [1.165, 1.54) is 0 Å². The molecule has 1 aliphatic heterocycles. The second-order valence-electron chi connectivity index (χ2n) is 7.08. The van der Waals surface area contributed by atoms with Gasteiger partial charge in [0, 0.05) is 11.4 Å². The van der Waals surface area contributed by atoms with Crippen LogP contribution in [0.15, 0.2) is 48.7 Å². The van der Waals surface area contributed by atoms with E-state index in [4.69, 9.17) is 26.9 Å². The van der Waals surface area contributed by atoms with Gasteiger partial charge < -0.3 is 21.1 Å². The van der Waals surface area contributed by atoms with Crippen molar-refractivity contribution < 1.29 is 27.5 Å². The van der Waals surface area contributed by atoms with Crippen molar-refractivity contribution in [1.29, 1.82) is 0 Å². The number of nitrogens with zero attached hydrogens (tertiary/aromatic N) is 2. The maximum Gasteiger partial charge on any atom is 0.446 e. The SMILES string of the molecule is NC(=O)COc1ccc2cc1CCc1cccc(c1)Nc1ncc(Cl)c(n1)N2.O=CC(F)(F)F. The first-order valence-corrected chi connectivity index (χ1v) is 10.2. The zero-order valence-electron chi connectivity index (χ0n) is 17.5. The van der Waals surface area contributed by atoms with Crippen LogP contribution in [-0.4, -0.2) is 34.9 Å². The number of aryl methyl sites for hydroxylation is 2. The zero-order valence-corrected chi connectivity index (χ0v) is 18.3. The maximum atomic E-state index is 11.1. The molecule has 0 radical (unpaired) electrons. The van der Waals surface area contributed by atoms with Crippen LogP contribution >= 0.6 is 11.6 Å². The average Bonchev–Trinajstić information content (AvgIpc) is 2.79. The number of nitrogens with two attached hydrogens (primary N) is 1. The third kappa shape index (κ3) is 7.34. The van der Waals surface area contributed by atoms with Gasteiger partial charge in [0.15, 0.2) is 12.4 Å². The highest BCUT2D eigenvalue weighted by Crippen LogP contribution is 2.30. The van der Waals surface area contributed by atoms with Gasteiger partial charge in [-0.05, 0) is 54.3 Å². The molecule has 0 fully saturated rings. The molecule has 34 heavy (non-hydrogen) atoms. The monoisotopic (exact) mass is 493 g/mol. The zero-order chi connectivity index (χ0) is 24.7. The molecule has 0 unspecified atom stereocenters. The quantitative estimate of drug-likeness (QED) is 0.465. The fraction of sp³-hybridized carbons (Fsp3) is 0.182. The Bertz CT molecular complexity index is 1190. The number of halogens is 4. The van der Waals surface area contributed by atoms with E-state index in [1.54, 1.807) is 6.20 Å². The van der Waals surface area contributed by atoms with Crippen molar-refractivity contribution in [2.75, 3.05) is 17.2 Å². The molecule has 0 aliphatic carbocycles. The number of hydrogen-bond acceptors (Lipinski definition) is 7. The van der Waals surface area contributed by atoms with Gasteiger partial charge in [-0.25, -0.2) is 4.98 Å². The van der Waals surface area contributed by atoms with E-state index >= 15 is 0 Å². The van der Waals surface area contributed by atoms with Gasteiger partial charge in [-0.15, -0.1) is 0 Å². The van der Waals surface area contributed by atoms with Crippen molar-refractivity contribution in [1.82, 2.24) is 9.97 Å². The molecule has 1 amide bonds. The summed E-state index contributed by atoms with van der Waals surface area (Å²) in [5.41, 5.74) is 9.01. The third-order valence-corrected chi connectivity index (χ3v) is 4.71. The molecule has 3 aromatic rings. The van der Waals surface area contributed by atoms with Crippen LogP contribution in [0.2, 0.25) is 5.02 Å². The van der Waals surface area contributed by atoms with Gasteiger partial charge in [0.25, 0.3) is 5.91 Å². The van der Waals surface area contributed by atoms with Crippen molar-refractivity contribution in [3.05, 3.63) is 64.8 Å². The van der Waals surface area contributed by atoms with Crippen molar-refractivity contribution in [2.45, 2.75) is 19.0 Å². The Kier molecular flexibility index (Phi) is 7.90. The number of ether oxygens (including phenoxy) is 1. The lowest BCUT2D eigenvalue weighted by molar-refractivity contribution is -0.156. The number of primary amides is 1. The van der Waals surface area contributed by atoms with Gasteiger partial charge in [-0.2, -0.15) is 18.2 Å². The Labute approximate surface area is 197 Å². The summed E-state index contributed by atoms with van der Waals surface area (Å²) >= 11 is 6.26. The van der Waals surface area contributed by atoms with E-state index in [0.717, 1.165) is 35.3 Å². The molecule has 4 N–H and O–H groups in total. The summed E-state index contributed by atoms with van der Waals surface area (Å²) in [6, 6.07) is 13.7. The Hall–Kier alpha value is -3.86. The Morgan fingerprint density at radius 2 is 1.88 bits per heavy atom. The average molecular weight is 494 g/mol. The maximum absolute atomic E-state index is 11.1. The number of fused-ring (bicyclic) bond motifs is 6.